The van der Waals surface area contributed by atoms with Crippen LogP contribution in [0.1, 0.15) is 25.0 Å². The molecule has 2 heterocycles. The van der Waals surface area contributed by atoms with Crippen molar-refractivity contribution >= 4 is 23.6 Å². The Balaban J connectivity index is 1.40. The molecule has 1 aromatic carbocycles. The number of aromatic nitrogens is 2. The molecule has 26 heavy (non-hydrogen) atoms. The molecule has 1 amide bonds. The van der Waals surface area contributed by atoms with Gasteiger partial charge in [-0.15, -0.1) is 11.8 Å². The Hall–Kier alpha value is -2.28. The molecule has 3 rings (SSSR count). The first kappa shape index (κ1) is 18.5. The Morgan fingerprint density at radius 1 is 1.31 bits per heavy atom. The van der Waals surface area contributed by atoms with Crippen LogP contribution >= 0.6 is 11.8 Å². The number of amides is 1. The molecule has 1 aromatic heterocycles. The molecule has 1 aliphatic heterocycles. The summed E-state index contributed by atoms with van der Waals surface area (Å²) in [6, 6.07) is 11.8. The maximum atomic E-state index is 12.1. The summed E-state index contributed by atoms with van der Waals surface area (Å²) in [6.45, 7) is 3.37. The number of H-pyrrole nitrogens is 1. The molecule has 2 aromatic rings. The average Bonchev–Trinajstić information content (AvgIpc) is 2.62. The molecule has 0 atom stereocenters. The van der Waals surface area contributed by atoms with E-state index in [2.05, 4.69) is 32.3 Å². The quantitative estimate of drug-likeness (QED) is 0.761. The number of thioether (sulfide) groups is 1. The van der Waals surface area contributed by atoms with E-state index >= 15 is 0 Å². The minimum absolute atomic E-state index is 0.106. The number of nitrogens with one attached hydrogen (secondary N) is 2. The lowest BCUT2D eigenvalue weighted by Gasteiger charge is -2.32. The molecule has 1 fully saturated rings. The highest BCUT2D eigenvalue weighted by Crippen LogP contribution is 2.18. The first-order valence-corrected chi connectivity index (χ1v) is 9.89. The van der Waals surface area contributed by atoms with Crippen LogP contribution in [-0.4, -0.2) is 40.8 Å². The van der Waals surface area contributed by atoms with Gasteiger partial charge in [0.2, 0.25) is 11.9 Å². The lowest BCUT2D eigenvalue weighted by molar-refractivity contribution is -0.121. The molecule has 1 saturated heterocycles. The normalized spacial score (nSPS) is 15.0. The Kier molecular flexibility index (Phi) is 6.33. The largest absolute Gasteiger partial charge is 0.353 e. The number of carbonyl (C=O) groups excluding carboxylic acids is 1. The van der Waals surface area contributed by atoms with Gasteiger partial charge in [0, 0.05) is 48.0 Å². The molecule has 0 unspecified atom stereocenters. The van der Waals surface area contributed by atoms with Crippen LogP contribution in [0.2, 0.25) is 0 Å². The summed E-state index contributed by atoms with van der Waals surface area (Å²) in [6.07, 6.45) is 2.23. The molecule has 0 spiro atoms. The van der Waals surface area contributed by atoms with Crippen LogP contribution in [0.15, 0.2) is 46.1 Å². The molecule has 0 bridgehead atoms. The van der Waals surface area contributed by atoms with Crippen LogP contribution in [0.4, 0.5) is 5.95 Å². The highest BCUT2D eigenvalue weighted by Gasteiger charge is 2.22. The van der Waals surface area contributed by atoms with Gasteiger partial charge in [-0.3, -0.25) is 14.6 Å². The van der Waals surface area contributed by atoms with E-state index in [0.29, 0.717) is 12.4 Å². The van der Waals surface area contributed by atoms with Crippen molar-refractivity contribution < 1.29 is 4.79 Å². The predicted octanol–water partition coefficient (Wildman–Crippen LogP) is 2.35. The molecule has 0 radical (unpaired) electrons. The lowest BCUT2D eigenvalue weighted by Crippen LogP contribution is -2.45. The van der Waals surface area contributed by atoms with Crippen LogP contribution in [0.3, 0.4) is 0 Å². The zero-order valence-electron chi connectivity index (χ0n) is 14.9. The van der Waals surface area contributed by atoms with E-state index < -0.39 is 0 Å². The molecule has 2 N–H and O–H groups in total. The third kappa shape index (κ3) is 5.36. The number of hydrogen-bond acceptors (Lipinski definition) is 5. The summed E-state index contributed by atoms with van der Waals surface area (Å²) < 4.78 is 0. The van der Waals surface area contributed by atoms with Crippen LogP contribution in [-0.2, 0) is 4.79 Å². The second-order valence-electron chi connectivity index (χ2n) is 6.45. The smallest absolute Gasteiger partial charge is 0.252 e. The summed E-state index contributed by atoms with van der Waals surface area (Å²) >= 11 is 1.70. The zero-order chi connectivity index (χ0) is 18.4. The topological polar surface area (TPSA) is 78.1 Å². The van der Waals surface area contributed by atoms with Gasteiger partial charge in [-0.25, -0.2) is 4.98 Å². The third-order valence-electron chi connectivity index (χ3n) is 4.36. The zero-order valence-corrected chi connectivity index (χ0v) is 15.7. The van der Waals surface area contributed by atoms with E-state index in [1.54, 1.807) is 11.8 Å². The van der Waals surface area contributed by atoms with Gasteiger partial charge >= 0.3 is 0 Å². The van der Waals surface area contributed by atoms with E-state index in [1.165, 1.54) is 11.0 Å². The second kappa shape index (κ2) is 8.89. The van der Waals surface area contributed by atoms with Crippen molar-refractivity contribution in [3.8, 4) is 0 Å². The summed E-state index contributed by atoms with van der Waals surface area (Å²) in [5.41, 5.74) is 0.592. The fourth-order valence-corrected chi connectivity index (χ4v) is 3.90. The number of nitrogens with zero attached hydrogens (tertiary/aromatic N) is 2. The number of carbonyl (C=O) groups is 1. The Morgan fingerprint density at radius 3 is 2.73 bits per heavy atom. The molecular formula is C19H24N4O2S. The molecular weight excluding hydrogens is 348 g/mol. The highest BCUT2D eigenvalue weighted by molar-refractivity contribution is 7.99. The highest BCUT2D eigenvalue weighted by atomic mass is 32.2. The van der Waals surface area contributed by atoms with E-state index in [-0.39, 0.29) is 17.5 Å². The van der Waals surface area contributed by atoms with Gasteiger partial charge in [0.1, 0.15) is 0 Å². The van der Waals surface area contributed by atoms with Gasteiger partial charge in [0.15, 0.2) is 0 Å². The van der Waals surface area contributed by atoms with E-state index in [0.717, 1.165) is 37.4 Å². The summed E-state index contributed by atoms with van der Waals surface area (Å²) in [7, 11) is 0. The van der Waals surface area contributed by atoms with Crippen molar-refractivity contribution in [2.75, 3.05) is 23.7 Å². The standard InChI is InChI=1S/C19H24N4O2S/c1-14-13-18(25)22-19(20-14)23-10-7-15(8-11-23)21-17(24)9-12-26-16-5-3-2-4-6-16/h2-6,13,15H,7-12H2,1H3,(H,21,24)(H,20,22,25). The van der Waals surface area contributed by atoms with Crippen LogP contribution in [0, 0.1) is 6.92 Å². The fraction of sp³-hybridized carbons (Fsp3) is 0.421. The van der Waals surface area contributed by atoms with Gasteiger partial charge in [0.25, 0.3) is 5.56 Å². The van der Waals surface area contributed by atoms with Crippen LogP contribution in [0.25, 0.3) is 0 Å². The number of benzene rings is 1. The van der Waals surface area contributed by atoms with Crippen molar-refractivity contribution in [3.05, 3.63) is 52.4 Å². The van der Waals surface area contributed by atoms with Crippen molar-refractivity contribution in [2.45, 2.75) is 37.1 Å². The Bertz CT molecular complexity index is 786. The predicted molar refractivity (Wildman–Crippen MR) is 105 cm³/mol. The Labute approximate surface area is 157 Å². The van der Waals surface area contributed by atoms with Crippen molar-refractivity contribution in [1.82, 2.24) is 15.3 Å². The number of rotatable bonds is 6. The number of anilines is 1. The Morgan fingerprint density at radius 2 is 2.04 bits per heavy atom. The molecule has 6 nitrogen and oxygen atoms in total. The minimum atomic E-state index is -0.126. The molecule has 7 heteroatoms. The molecule has 0 aliphatic carbocycles. The lowest BCUT2D eigenvalue weighted by atomic mass is 10.1. The van der Waals surface area contributed by atoms with Crippen molar-refractivity contribution in [1.29, 1.82) is 0 Å². The number of piperidine rings is 1. The second-order valence-corrected chi connectivity index (χ2v) is 7.62. The van der Waals surface area contributed by atoms with Gasteiger partial charge < -0.3 is 10.2 Å². The maximum absolute atomic E-state index is 12.1. The number of hydrogen-bond donors (Lipinski definition) is 2. The molecule has 1 aliphatic rings. The summed E-state index contributed by atoms with van der Waals surface area (Å²) in [5, 5.41) is 3.13. The van der Waals surface area contributed by atoms with Gasteiger partial charge in [-0.05, 0) is 31.9 Å². The summed E-state index contributed by atoms with van der Waals surface area (Å²) in [5.74, 6) is 1.51. The minimum Gasteiger partial charge on any atom is -0.353 e. The van der Waals surface area contributed by atoms with Crippen LogP contribution in [0.5, 0.6) is 0 Å². The summed E-state index contributed by atoms with van der Waals surface area (Å²) in [4.78, 5) is 34.2. The molecule has 0 saturated carbocycles. The van der Waals surface area contributed by atoms with Gasteiger partial charge in [-0.1, -0.05) is 18.2 Å². The van der Waals surface area contributed by atoms with Crippen molar-refractivity contribution in [2.24, 2.45) is 0 Å². The SMILES string of the molecule is Cc1cc(=O)[nH]c(N2CCC(NC(=O)CCSc3ccccc3)CC2)n1. The van der Waals surface area contributed by atoms with Crippen LogP contribution < -0.4 is 15.8 Å². The van der Waals surface area contributed by atoms with Crippen molar-refractivity contribution in [3.63, 3.8) is 0 Å². The fourth-order valence-electron chi connectivity index (χ4n) is 3.03. The maximum Gasteiger partial charge on any atom is 0.252 e. The molecule has 138 valence electrons. The van der Waals surface area contributed by atoms with Gasteiger partial charge in [-0.2, -0.15) is 0 Å². The van der Waals surface area contributed by atoms with E-state index in [9.17, 15) is 9.59 Å². The monoisotopic (exact) mass is 372 g/mol. The number of aromatic amines is 1. The first-order valence-electron chi connectivity index (χ1n) is 8.90. The van der Waals surface area contributed by atoms with E-state index in [4.69, 9.17) is 0 Å². The average molecular weight is 372 g/mol. The van der Waals surface area contributed by atoms with Gasteiger partial charge in [0.05, 0.1) is 0 Å². The van der Waals surface area contributed by atoms with E-state index in [1.807, 2.05) is 25.1 Å². The third-order valence-corrected chi connectivity index (χ3v) is 5.37. The first-order chi connectivity index (χ1) is 12.6. The number of aryl methyl sites for hydroxylation is 1.